The number of carboxylic acid groups (broad SMARTS) is 1. The van der Waals surface area contributed by atoms with Gasteiger partial charge in [-0.2, -0.15) is 4.39 Å². The Morgan fingerprint density at radius 1 is 1.10 bits per heavy atom. The van der Waals surface area contributed by atoms with Crippen LogP contribution < -0.4 is 15.6 Å². The fraction of sp³-hybridized carbons (Fsp3) is 0.185. The number of hydrogen-bond donors (Lipinski definition) is 2. The normalized spacial score (nSPS) is 11.7. The van der Waals surface area contributed by atoms with E-state index in [-0.39, 0.29) is 24.3 Å². The molecule has 0 saturated heterocycles. The van der Waals surface area contributed by atoms with Crippen LogP contribution in [0.15, 0.2) is 72.0 Å². The fourth-order valence-electron chi connectivity index (χ4n) is 4.07. The van der Waals surface area contributed by atoms with Crippen molar-refractivity contribution < 1.29 is 28.6 Å². The molecule has 202 valence electrons. The van der Waals surface area contributed by atoms with Crippen LogP contribution in [-0.2, 0) is 9.53 Å². The maximum atomic E-state index is 13.7. The first kappa shape index (κ1) is 27.6. The first-order valence-electron chi connectivity index (χ1n) is 11.6. The van der Waals surface area contributed by atoms with Crippen molar-refractivity contribution in [3.8, 4) is 22.6 Å². The van der Waals surface area contributed by atoms with E-state index >= 15 is 0 Å². The molecule has 1 amide bonds. The number of halogens is 2. The molecule has 0 aliphatic rings. The van der Waals surface area contributed by atoms with E-state index in [4.69, 9.17) is 26.2 Å². The number of amides is 1. The number of carbonyl (C=O) groups is 2. The zero-order valence-electron chi connectivity index (χ0n) is 20.9. The number of carbonyl (C=O) groups excluding carboxylic acids is 1. The highest BCUT2D eigenvalue weighted by atomic mass is 35.5. The van der Waals surface area contributed by atoms with Gasteiger partial charge in [-0.1, -0.05) is 11.6 Å². The molecule has 0 radical (unpaired) electrons. The van der Waals surface area contributed by atoms with Crippen LogP contribution in [-0.4, -0.2) is 51.9 Å². The molecule has 39 heavy (non-hydrogen) atoms. The molecule has 0 aliphatic carbocycles. The van der Waals surface area contributed by atoms with Gasteiger partial charge in [-0.05, 0) is 42.5 Å². The Morgan fingerprint density at radius 2 is 1.85 bits per heavy atom. The number of methoxy groups -OCH3 is 2. The predicted molar refractivity (Wildman–Crippen MR) is 142 cm³/mol. The third-order valence-electron chi connectivity index (χ3n) is 5.98. The van der Waals surface area contributed by atoms with Gasteiger partial charge in [-0.15, -0.1) is 0 Å². The molecule has 2 aromatic heterocycles. The minimum atomic E-state index is -1.09. The maximum absolute atomic E-state index is 13.7. The van der Waals surface area contributed by atoms with Gasteiger partial charge in [0.25, 0.3) is 5.56 Å². The highest BCUT2D eigenvalue weighted by molar-refractivity contribution is 6.31. The molecule has 0 fully saturated rings. The zero-order valence-corrected chi connectivity index (χ0v) is 21.7. The lowest BCUT2D eigenvalue weighted by Crippen LogP contribution is -2.34. The van der Waals surface area contributed by atoms with E-state index in [2.05, 4.69) is 10.3 Å². The quantitative estimate of drug-likeness (QED) is 0.297. The summed E-state index contributed by atoms with van der Waals surface area (Å²) in [5.74, 6) is -2.02. The second kappa shape index (κ2) is 11.9. The summed E-state index contributed by atoms with van der Waals surface area (Å²) in [5, 5.41) is 12.2. The average molecular weight is 555 g/mol. The van der Waals surface area contributed by atoms with Crippen molar-refractivity contribution in [1.29, 1.82) is 0 Å². The Morgan fingerprint density at radius 3 is 2.46 bits per heavy atom. The first-order valence-corrected chi connectivity index (χ1v) is 12.0. The zero-order chi connectivity index (χ0) is 28.1. The summed E-state index contributed by atoms with van der Waals surface area (Å²) < 4.78 is 27.1. The number of nitrogens with zero attached hydrogens (tertiary/aromatic N) is 3. The minimum Gasteiger partial charge on any atom is -0.495 e. The number of aromatic carboxylic acids is 1. The third-order valence-corrected chi connectivity index (χ3v) is 6.21. The van der Waals surface area contributed by atoms with Crippen LogP contribution in [0.5, 0.6) is 5.75 Å². The van der Waals surface area contributed by atoms with Gasteiger partial charge in [0, 0.05) is 48.0 Å². The summed E-state index contributed by atoms with van der Waals surface area (Å²) in [7, 11) is 2.90. The molecule has 1 unspecified atom stereocenters. The van der Waals surface area contributed by atoms with Crippen LogP contribution in [0.1, 0.15) is 22.8 Å². The molecule has 4 aromatic rings. The summed E-state index contributed by atoms with van der Waals surface area (Å²) in [6.45, 7) is 0.178. The topological polar surface area (TPSA) is 125 Å². The highest BCUT2D eigenvalue weighted by Gasteiger charge is 2.24. The van der Waals surface area contributed by atoms with Crippen LogP contribution in [0, 0.1) is 5.95 Å². The number of ether oxygens (including phenoxy) is 2. The van der Waals surface area contributed by atoms with Crippen LogP contribution in [0.3, 0.4) is 0 Å². The molecule has 12 heteroatoms. The van der Waals surface area contributed by atoms with Gasteiger partial charge >= 0.3 is 5.97 Å². The van der Waals surface area contributed by atoms with Gasteiger partial charge in [0.15, 0.2) is 0 Å². The molecule has 1 atom stereocenters. The molecular weight excluding hydrogens is 531 g/mol. The van der Waals surface area contributed by atoms with Gasteiger partial charge in [0.05, 0.1) is 30.8 Å². The Kier molecular flexibility index (Phi) is 8.43. The van der Waals surface area contributed by atoms with Crippen molar-refractivity contribution >= 4 is 29.2 Å². The standard InChI is InChI=1S/C27H24ClFN4O6/c1-38-10-9-22(26(35)31-18-6-3-16(4-7-18)27(36)37)33-13-23(39-2)20(12-25(33)34)19-11-17(28)5-8-21(19)32-14-24(29)30-15-32/h3-8,11-15,22H,9-10H2,1-2H3,(H,31,35)(H,36,37). The van der Waals surface area contributed by atoms with Gasteiger partial charge in [0.2, 0.25) is 11.9 Å². The number of pyridine rings is 1. The number of aromatic nitrogens is 3. The van der Waals surface area contributed by atoms with Crippen molar-refractivity contribution in [2.24, 2.45) is 0 Å². The Balaban J connectivity index is 1.75. The van der Waals surface area contributed by atoms with Gasteiger partial charge in [0.1, 0.15) is 18.1 Å². The van der Waals surface area contributed by atoms with Crippen LogP contribution in [0.4, 0.5) is 10.1 Å². The summed E-state index contributed by atoms with van der Waals surface area (Å²) >= 11 is 6.26. The molecule has 0 saturated carbocycles. The number of hydrogen-bond acceptors (Lipinski definition) is 6. The number of imidazole rings is 1. The molecule has 10 nitrogen and oxygen atoms in total. The fourth-order valence-corrected chi connectivity index (χ4v) is 4.24. The van der Waals surface area contributed by atoms with Crippen LogP contribution in [0.25, 0.3) is 16.8 Å². The lowest BCUT2D eigenvalue weighted by molar-refractivity contribution is -0.119. The summed E-state index contributed by atoms with van der Waals surface area (Å²) in [6.07, 6.45) is 4.07. The van der Waals surface area contributed by atoms with Crippen molar-refractivity contribution in [3.63, 3.8) is 0 Å². The van der Waals surface area contributed by atoms with Crippen molar-refractivity contribution in [2.75, 3.05) is 26.1 Å². The van der Waals surface area contributed by atoms with Crippen molar-refractivity contribution in [3.05, 3.63) is 94.1 Å². The van der Waals surface area contributed by atoms with E-state index in [1.807, 2.05) is 0 Å². The number of carboxylic acids is 1. The average Bonchev–Trinajstić information content (AvgIpc) is 3.35. The molecule has 2 aromatic carbocycles. The monoisotopic (exact) mass is 554 g/mol. The number of anilines is 1. The van der Waals surface area contributed by atoms with Gasteiger partial charge < -0.3 is 24.5 Å². The van der Waals surface area contributed by atoms with E-state index in [0.717, 1.165) is 0 Å². The molecule has 0 spiro atoms. The largest absolute Gasteiger partial charge is 0.495 e. The Hall–Kier alpha value is -4.48. The van der Waals surface area contributed by atoms with Gasteiger partial charge in [-0.25, -0.2) is 9.78 Å². The van der Waals surface area contributed by atoms with Crippen LogP contribution >= 0.6 is 11.6 Å². The molecule has 2 N–H and O–H groups in total. The smallest absolute Gasteiger partial charge is 0.335 e. The second-order valence-electron chi connectivity index (χ2n) is 8.44. The second-order valence-corrected chi connectivity index (χ2v) is 8.87. The Bertz CT molecular complexity index is 1570. The summed E-state index contributed by atoms with van der Waals surface area (Å²) in [4.78, 5) is 41.4. The van der Waals surface area contributed by atoms with E-state index in [9.17, 15) is 18.8 Å². The molecule has 2 heterocycles. The lowest BCUT2D eigenvalue weighted by atomic mass is 10.0. The minimum absolute atomic E-state index is 0.0688. The maximum Gasteiger partial charge on any atom is 0.335 e. The van der Waals surface area contributed by atoms with Crippen molar-refractivity contribution in [1.82, 2.24) is 14.1 Å². The SMILES string of the molecule is COCCC(C(=O)Nc1ccc(C(=O)O)cc1)n1cc(OC)c(-c2cc(Cl)ccc2-n2cnc(F)c2)cc1=O. The number of nitrogens with one attached hydrogen (secondary N) is 1. The highest BCUT2D eigenvalue weighted by Crippen LogP contribution is 2.35. The van der Waals surface area contributed by atoms with Crippen molar-refractivity contribution in [2.45, 2.75) is 12.5 Å². The predicted octanol–water partition coefficient (Wildman–Crippen LogP) is 4.42. The Labute approximate surface area is 227 Å². The van der Waals surface area contributed by atoms with E-state index in [1.54, 1.807) is 18.2 Å². The lowest BCUT2D eigenvalue weighted by Gasteiger charge is -2.22. The van der Waals surface area contributed by atoms with E-state index in [0.29, 0.717) is 27.5 Å². The molecular formula is C27H24ClFN4O6. The van der Waals surface area contributed by atoms with E-state index < -0.39 is 29.4 Å². The number of rotatable bonds is 10. The molecule has 0 aliphatic heterocycles. The summed E-state index contributed by atoms with van der Waals surface area (Å²) in [6, 6.07) is 10.9. The molecule has 4 rings (SSSR count). The first-order chi connectivity index (χ1) is 18.7. The van der Waals surface area contributed by atoms with Gasteiger partial charge in [-0.3, -0.25) is 14.2 Å². The van der Waals surface area contributed by atoms with Crippen LogP contribution in [0.2, 0.25) is 5.02 Å². The number of benzene rings is 2. The van der Waals surface area contributed by atoms with E-state index in [1.165, 1.54) is 72.4 Å². The third kappa shape index (κ3) is 6.16. The molecule has 0 bridgehead atoms. The summed E-state index contributed by atoms with van der Waals surface area (Å²) in [5.41, 5.74) is 1.29.